The average molecular weight is 682 g/mol. The first-order chi connectivity index (χ1) is 21.8. The normalized spacial score (nSPS) is 17.2. The van der Waals surface area contributed by atoms with Gasteiger partial charge in [-0.1, -0.05) is 12.1 Å². The summed E-state index contributed by atoms with van der Waals surface area (Å²) in [6.07, 6.45) is -9.19. The molecule has 2 aliphatic heterocycles. The Kier molecular flexibility index (Phi) is 9.76. The zero-order chi connectivity index (χ0) is 34.9. The second-order valence-corrected chi connectivity index (χ2v) is 11.2. The van der Waals surface area contributed by atoms with Gasteiger partial charge in [0.25, 0.3) is 6.43 Å². The molecule has 1 aromatic carbocycles. The van der Waals surface area contributed by atoms with Crippen LogP contribution in [0.4, 0.5) is 49.6 Å². The first-order valence-corrected chi connectivity index (χ1v) is 13.5. The molecule has 1 spiro atoms. The molecule has 47 heavy (non-hydrogen) atoms. The third-order valence-corrected chi connectivity index (χ3v) is 7.54. The van der Waals surface area contributed by atoms with E-state index in [9.17, 15) is 48.7 Å². The molecule has 0 unspecified atom stereocenters. The molecule has 1 atom stereocenters. The molecule has 0 aliphatic carbocycles. The lowest BCUT2D eigenvalue weighted by Gasteiger charge is -2.61. The number of carbonyl (C=O) groups is 2. The second-order valence-electron chi connectivity index (χ2n) is 11.2. The van der Waals surface area contributed by atoms with Crippen LogP contribution < -0.4 is 10.2 Å². The van der Waals surface area contributed by atoms with E-state index in [1.165, 1.54) is 18.5 Å². The predicted octanol–water partition coefficient (Wildman–Crippen LogP) is 5.37. The molecule has 1 amide bonds. The molecule has 2 fully saturated rings. The number of carboxylic acid groups (broad SMARTS) is 1. The maximum Gasteiger partial charge on any atom is 0.490 e. The van der Waals surface area contributed by atoms with Crippen LogP contribution in [0.3, 0.4) is 0 Å². The summed E-state index contributed by atoms with van der Waals surface area (Å²) in [6.45, 7) is 4.05. The summed E-state index contributed by atoms with van der Waals surface area (Å²) >= 11 is 0. The van der Waals surface area contributed by atoms with Crippen LogP contribution in [0.5, 0.6) is 0 Å². The van der Waals surface area contributed by atoms with Gasteiger partial charge in [0.1, 0.15) is 0 Å². The minimum absolute atomic E-state index is 0.0511. The van der Waals surface area contributed by atoms with Gasteiger partial charge in [-0.25, -0.2) is 22.4 Å². The predicted molar refractivity (Wildman–Crippen MR) is 144 cm³/mol. The maximum atomic E-state index is 14.5. The van der Waals surface area contributed by atoms with Crippen molar-refractivity contribution in [2.45, 2.75) is 37.8 Å². The number of halogens is 10. The molecule has 2 aromatic heterocycles. The van der Waals surface area contributed by atoms with Crippen molar-refractivity contribution in [3.63, 3.8) is 0 Å². The fraction of sp³-hybridized carbons (Fsp3) is 0.379. The average Bonchev–Trinajstić information content (AvgIpc) is 2.93. The lowest BCUT2D eigenvalue weighted by molar-refractivity contribution is -0.192. The number of rotatable bonds is 7. The number of amides is 1. The molecular weight excluding hydrogens is 656 g/mol. The number of benzene rings is 1. The summed E-state index contributed by atoms with van der Waals surface area (Å²) in [5, 5.41) is 9.31. The van der Waals surface area contributed by atoms with Gasteiger partial charge >= 0.3 is 18.3 Å². The standard InChI is InChI=1S/C27H24F7N5O.C2HF3O2/c1-16(40)37-26(24(30)31,18-3-4-21(28)22(29)7-18)23-5-2-17(8-36-23)11-38-12-25(13-38)14-39(15-25)20-6-19(9-35-10-20)27(32,33)34;3-2(4,5)1(6)7/h2-10,24H,11-15H2,1H3,(H,37,40);(H,6,7)/t26-;/m0./s1. The van der Waals surface area contributed by atoms with Crippen molar-refractivity contribution in [3.05, 3.63) is 89.0 Å². The number of aliphatic carboxylic acids is 1. The number of nitrogens with one attached hydrogen (secondary N) is 1. The molecule has 4 heterocycles. The van der Waals surface area contributed by atoms with Gasteiger partial charge in [0.05, 0.1) is 23.1 Å². The smallest absolute Gasteiger partial charge is 0.475 e. The summed E-state index contributed by atoms with van der Waals surface area (Å²) in [5.41, 5.74) is -2.81. The molecule has 18 heteroatoms. The number of aromatic nitrogens is 2. The van der Waals surface area contributed by atoms with Crippen LogP contribution >= 0.6 is 0 Å². The number of carbonyl (C=O) groups excluding carboxylic acids is 1. The Hall–Kier alpha value is -4.48. The van der Waals surface area contributed by atoms with E-state index in [1.807, 2.05) is 4.90 Å². The highest BCUT2D eigenvalue weighted by molar-refractivity contribution is 5.75. The molecule has 254 valence electrons. The van der Waals surface area contributed by atoms with Crippen molar-refractivity contribution in [1.82, 2.24) is 20.2 Å². The minimum atomic E-state index is -5.08. The molecule has 5 rings (SSSR count). The summed E-state index contributed by atoms with van der Waals surface area (Å²) in [6, 6.07) is 6.29. The Morgan fingerprint density at radius 2 is 1.55 bits per heavy atom. The third kappa shape index (κ3) is 7.74. The summed E-state index contributed by atoms with van der Waals surface area (Å²) in [4.78, 5) is 32.6. The Morgan fingerprint density at radius 3 is 2.04 bits per heavy atom. The monoisotopic (exact) mass is 681 g/mol. The van der Waals surface area contributed by atoms with Crippen LogP contribution in [0, 0.1) is 17.0 Å². The van der Waals surface area contributed by atoms with E-state index in [2.05, 4.69) is 20.2 Å². The number of pyridine rings is 2. The highest BCUT2D eigenvalue weighted by Crippen LogP contribution is 2.43. The zero-order valence-corrected chi connectivity index (χ0v) is 24.1. The molecule has 2 saturated heterocycles. The van der Waals surface area contributed by atoms with Crippen LogP contribution in [0.25, 0.3) is 0 Å². The van der Waals surface area contributed by atoms with Crippen molar-refractivity contribution in [2.75, 3.05) is 31.1 Å². The number of hydrogen-bond donors (Lipinski definition) is 2. The van der Waals surface area contributed by atoms with E-state index >= 15 is 0 Å². The highest BCUT2D eigenvalue weighted by Gasteiger charge is 2.52. The third-order valence-electron chi connectivity index (χ3n) is 7.54. The van der Waals surface area contributed by atoms with Gasteiger partial charge in [0, 0.05) is 57.5 Å². The Morgan fingerprint density at radius 1 is 0.915 bits per heavy atom. The van der Waals surface area contributed by atoms with Gasteiger partial charge in [0.2, 0.25) is 5.91 Å². The SMILES string of the molecule is CC(=O)N[C@@](c1ccc(F)c(F)c1)(c1ccc(CN2CC3(C2)CN(c2cncc(C(F)(F)F)c2)C3)cn1)C(F)F.O=C(O)C(F)(F)F. The molecule has 3 aromatic rings. The van der Waals surface area contributed by atoms with Crippen LogP contribution in [0.2, 0.25) is 0 Å². The Bertz CT molecular complexity index is 1600. The lowest BCUT2D eigenvalue weighted by Crippen LogP contribution is -2.72. The quantitative estimate of drug-likeness (QED) is 0.324. The molecule has 2 N–H and O–H groups in total. The Balaban J connectivity index is 0.000000644. The van der Waals surface area contributed by atoms with E-state index in [-0.39, 0.29) is 16.7 Å². The van der Waals surface area contributed by atoms with Gasteiger partial charge in [-0.15, -0.1) is 0 Å². The highest BCUT2D eigenvalue weighted by atomic mass is 19.4. The summed E-state index contributed by atoms with van der Waals surface area (Å²) in [7, 11) is 0. The summed E-state index contributed by atoms with van der Waals surface area (Å²) in [5.74, 6) is -6.12. The first-order valence-electron chi connectivity index (χ1n) is 13.5. The molecule has 2 aliphatic rings. The van der Waals surface area contributed by atoms with Crippen LogP contribution in [0.15, 0.2) is 55.0 Å². The number of hydrogen-bond acceptors (Lipinski definition) is 6. The molecule has 0 saturated carbocycles. The number of nitrogens with zero attached hydrogens (tertiary/aromatic N) is 4. The van der Waals surface area contributed by atoms with Crippen molar-refractivity contribution in [2.24, 2.45) is 5.41 Å². The molecule has 0 radical (unpaired) electrons. The van der Waals surface area contributed by atoms with E-state index in [1.54, 1.807) is 6.07 Å². The Labute approximate surface area is 260 Å². The van der Waals surface area contributed by atoms with Crippen LogP contribution in [0.1, 0.15) is 29.3 Å². The number of likely N-dealkylation sites (tertiary alicyclic amines) is 1. The topological polar surface area (TPSA) is 98.7 Å². The van der Waals surface area contributed by atoms with E-state index in [0.717, 1.165) is 25.3 Å². The van der Waals surface area contributed by atoms with E-state index in [0.29, 0.717) is 56.1 Å². The minimum Gasteiger partial charge on any atom is -0.475 e. The molecular formula is C29H25F10N5O3. The van der Waals surface area contributed by atoms with Gasteiger partial charge < -0.3 is 15.3 Å². The van der Waals surface area contributed by atoms with Crippen LogP contribution in [-0.2, 0) is 27.8 Å². The van der Waals surface area contributed by atoms with Gasteiger partial charge in [-0.05, 0) is 35.4 Å². The zero-order valence-electron chi connectivity index (χ0n) is 24.1. The molecule has 8 nitrogen and oxygen atoms in total. The number of carboxylic acids is 1. The van der Waals surface area contributed by atoms with Crippen molar-refractivity contribution in [1.29, 1.82) is 0 Å². The second kappa shape index (κ2) is 13.0. The van der Waals surface area contributed by atoms with Gasteiger partial charge in [0.15, 0.2) is 17.2 Å². The van der Waals surface area contributed by atoms with E-state index in [4.69, 9.17) is 9.90 Å². The van der Waals surface area contributed by atoms with Gasteiger partial charge in [-0.2, -0.15) is 26.3 Å². The molecule has 0 bridgehead atoms. The maximum absolute atomic E-state index is 14.5. The fourth-order valence-corrected chi connectivity index (χ4v) is 5.52. The van der Waals surface area contributed by atoms with E-state index < -0.39 is 53.4 Å². The van der Waals surface area contributed by atoms with Crippen LogP contribution in [-0.4, -0.2) is 70.6 Å². The van der Waals surface area contributed by atoms with Gasteiger partial charge in [-0.3, -0.25) is 19.7 Å². The summed E-state index contributed by atoms with van der Waals surface area (Å²) < 4.78 is 127. The van der Waals surface area contributed by atoms with Crippen molar-refractivity contribution < 1.29 is 58.6 Å². The lowest BCUT2D eigenvalue weighted by atomic mass is 9.72. The fourth-order valence-electron chi connectivity index (χ4n) is 5.52. The number of alkyl halides is 8. The van der Waals surface area contributed by atoms with Crippen molar-refractivity contribution in [3.8, 4) is 0 Å². The largest absolute Gasteiger partial charge is 0.490 e. The van der Waals surface area contributed by atoms with Crippen molar-refractivity contribution >= 4 is 17.6 Å². The first kappa shape index (κ1) is 35.4. The number of anilines is 1.